The summed E-state index contributed by atoms with van der Waals surface area (Å²) in [5.41, 5.74) is 3.05. The fraction of sp³-hybridized carbons (Fsp3) is 0.684. The van der Waals surface area contributed by atoms with Crippen molar-refractivity contribution < 1.29 is 4.79 Å². The van der Waals surface area contributed by atoms with Gasteiger partial charge in [0.15, 0.2) is 0 Å². The molecule has 142 valence electrons. The molecular weight excluding hydrogens is 346 g/mol. The Morgan fingerprint density at radius 1 is 1.27 bits per heavy atom. The van der Waals surface area contributed by atoms with Crippen LogP contribution in [0.25, 0.3) is 5.78 Å². The highest BCUT2D eigenvalue weighted by atomic mass is 32.2. The molecule has 0 saturated heterocycles. The third-order valence-electron chi connectivity index (χ3n) is 5.87. The average molecular weight is 376 g/mol. The first kappa shape index (κ1) is 19.1. The molecule has 1 aliphatic carbocycles. The van der Waals surface area contributed by atoms with Crippen molar-refractivity contribution in [2.75, 3.05) is 6.26 Å². The van der Waals surface area contributed by atoms with Gasteiger partial charge in [0.2, 0.25) is 11.1 Å². The highest BCUT2D eigenvalue weighted by Crippen LogP contribution is 2.29. The quantitative estimate of drug-likeness (QED) is 0.812. The Bertz CT molecular complexity index is 803. The maximum Gasteiger partial charge on any atom is 0.253 e. The molecule has 0 unspecified atom stereocenters. The number of thioether (sulfide) groups is 1. The van der Waals surface area contributed by atoms with Gasteiger partial charge in [-0.05, 0) is 50.3 Å². The number of fused-ring (bicyclic) bond motifs is 1. The van der Waals surface area contributed by atoms with Gasteiger partial charge in [-0.25, -0.2) is 9.50 Å². The Labute approximate surface area is 159 Å². The van der Waals surface area contributed by atoms with E-state index in [1.165, 1.54) is 24.6 Å². The van der Waals surface area contributed by atoms with E-state index in [9.17, 15) is 4.79 Å². The van der Waals surface area contributed by atoms with Gasteiger partial charge in [0.25, 0.3) is 5.78 Å². The lowest BCUT2D eigenvalue weighted by Gasteiger charge is -2.34. The Morgan fingerprint density at radius 2 is 2.04 bits per heavy atom. The largest absolute Gasteiger partial charge is 0.353 e. The molecule has 1 saturated carbocycles. The van der Waals surface area contributed by atoms with E-state index in [2.05, 4.69) is 34.2 Å². The molecule has 2 aromatic rings. The van der Waals surface area contributed by atoms with Gasteiger partial charge in [0, 0.05) is 23.9 Å². The molecule has 1 aliphatic rings. The minimum Gasteiger partial charge on any atom is -0.353 e. The van der Waals surface area contributed by atoms with Gasteiger partial charge in [-0.15, -0.1) is 5.10 Å². The van der Waals surface area contributed by atoms with Crippen LogP contribution in [0.4, 0.5) is 0 Å². The number of hydrogen-bond donors (Lipinski definition) is 1. The summed E-state index contributed by atoms with van der Waals surface area (Å²) < 4.78 is 1.79. The number of nitrogens with one attached hydrogen (secondary N) is 1. The number of rotatable bonds is 5. The molecule has 1 N–H and O–H groups in total. The summed E-state index contributed by atoms with van der Waals surface area (Å²) in [5, 5.41) is 8.46. The van der Waals surface area contributed by atoms with E-state index in [1.807, 2.05) is 20.1 Å². The fourth-order valence-corrected chi connectivity index (χ4v) is 4.28. The Hall–Kier alpha value is -1.63. The average Bonchev–Trinajstić information content (AvgIpc) is 3.02. The number of carbonyl (C=O) groups excluding carboxylic acids is 1. The topological polar surface area (TPSA) is 72.2 Å². The normalized spacial score (nSPS) is 23.3. The van der Waals surface area contributed by atoms with Crippen molar-refractivity contribution in [1.82, 2.24) is 24.9 Å². The third-order valence-corrected chi connectivity index (χ3v) is 6.41. The lowest BCUT2D eigenvalue weighted by molar-refractivity contribution is -0.122. The minimum atomic E-state index is 0.137. The predicted octanol–water partition coefficient (Wildman–Crippen LogP) is 3.34. The molecular formula is C19H29N5OS. The van der Waals surface area contributed by atoms with Crippen LogP contribution in [-0.2, 0) is 11.2 Å². The summed E-state index contributed by atoms with van der Waals surface area (Å²) >= 11 is 1.51. The van der Waals surface area contributed by atoms with Crippen molar-refractivity contribution in [3.8, 4) is 0 Å². The summed E-state index contributed by atoms with van der Waals surface area (Å²) in [5.74, 6) is 2.00. The van der Waals surface area contributed by atoms with E-state index in [0.29, 0.717) is 36.5 Å². The molecule has 0 aromatic carbocycles. The van der Waals surface area contributed by atoms with Crippen molar-refractivity contribution in [2.45, 2.75) is 71.0 Å². The van der Waals surface area contributed by atoms with Crippen LogP contribution < -0.4 is 5.32 Å². The van der Waals surface area contributed by atoms with Gasteiger partial charge >= 0.3 is 0 Å². The second-order valence-corrected chi connectivity index (χ2v) is 8.29. The lowest BCUT2D eigenvalue weighted by atomic mass is 9.78. The van der Waals surface area contributed by atoms with Crippen molar-refractivity contribution in [2.24, 2.45) is 11.8 Å². The molecule has 26 heavy (non-hydrogen) atoms. The Balaban J connectivity index is 1.68. The molecule has 1 amide bonds. The molecule has 3 rings (SSSR count). The van der Waals surface area contributed by atoms with Gasteiger partial charge in [0.1, 0.15) is 0 Å². The van der Waals surface area contributed by atoms with Crippen molar-refractivity contribution in [3.63, 3.8) is 0 Å². The molecule has 0 bridgehead atoms. The highest BCUT2D eigenvalue weighted by Gasteiger charge is 2.28. The second-order valence-electron chi connectivity index (χ2n) is 7.51. The first-order valence-electron chi connectivity index (χ1n) is 9.47. The monoisotopic (exact) mass is 375 g/mol. The fourth-order valence-electron chi connectivity index (χ4n) is 3.94. The maximum atomic E-state index is 12.5. The first-order chi connectivity index (χ1) is 12.4. The van der Waals surface area contributed by atoms with Crippen LogP contribution in [0.3, 0.4) is 0 Å². The highest BCUT2D eigenvalue weighted by molar-refractivity contribution is 7.98. The minimum absolute atomic E-state index is 0.137. The molecule has 1 fully saturated rings. The summed E-state index contributed by atoms with van der Waals surface area (Å²) in [6, 6.07) is 0.313. The number of aryl methyl sites for hydroxylation is 2. The van der Waals surface area contributed by atoms with Crippen molar-refractivity contribution >= 4 is 23.4 Å². The number of amides is 1. The van der Waals surface area contributed by atoms with Crippen LogP contribution in [0, 0.1) is 25.7 Å². The van der Waals surface area contributed by atoms with E-state index in [0.717, 1.165) is 28.5 Å². The van der Waals surface area contributed by atoms with Gasteiger partial charge in [0.05, 0.1) is 0 Å². The van der Waals surface area contributed by atoms with Crippen LogP contribution in [0.2, 0.25) is 0 Å². The van der Waals surface area contributed by atoms with E-state index in [-0.39, 0.29) is 5.91 Å². The predicted molar refractivity (Wildman–Crippen MR) is 104 cm³/mol. The molecule has 7 heteroatoms. The van der Waals surface area contributed by atoms with E-state index in [4.69, 9.17) is 0 Å². The zero-order chi connectivity index (χ0) is 18.8. The molecule has 0 spiro atoms. The smallest absolute Gasteiger partial charge is 0.253 e. The Kier molecular flexibility index (Phi) is 5.85. The van der Waals surface area contributed by atoms with Crippen LogP contribution in [0.1, 0.15) is 56.5 Å². The first-order valence-corrected chi connectivity index (χ1v) is 10.7. The third kappa shape index (κ3) is 3.87. The van der Waals surface area contributed by atoms with Crippen LogP contribution in [0.5, 0.6) is 0 Å². The summed E-state index contributed by atoms with van der Waals surface area (Å²) in [6.07, 6.45) is 6.69. The van der Waals surface area contributed by atoms with Gasteiger partial charge < -0.3 is 5.32 Å². The number of carbonyl (C=O) groups is 1. The van der Waals surface area contributed by atoms with Gasteiger partial charge in [-0.2, -0.15) is 4.98 Å². The molecule has 0 aliphatic heterocycles. The van der Waals surface area contributed by atoms with Gasteiger partial charge in [-0.1, -0.05) is 38.5 Å². The van der Waals surface area contributed by atoms with Crippen molar-refractivity contribution in [1.29, 1.82) is 0 Å². The van der Waals surface area contributed by atoms with Crippen molar-refractivity contribution in [3.05, 3.63) is 17.0 Å². The summed E-state index contributed by atoms with van der Waals surface area (Å²) in [7, 11) is 0. The molecule has 2 heterocycles. The molecule has 0 radical (unpaired) electrons. The number of nitrogens with zero attached hydrogens (tertiary/aromatic N) is 4. The summed E-state index contributed by atoms with van der Waals surface area (Å²) in [6.45, 7) is 8.56. The zero-order valence-corrected chi connectivity index (χ0v) is 17.2. The van der Waals surface area contributed by atoms with E-state index in [1.54, 1.807) is 4.52 Å². The number of hydrogen-bond acceptors (Lipinski definition) is 5. The van der Waals surface area contributed by atoms with Crippen LogP contribution >= 0.6 is 11.8 Å². The molecule has 3 atom stereocenters. The lowest BCUT2D eigenvalue weighted by Crippen LogP contribution is -2.43. The standard InChI is InChI=1S/C19H29N5OS/c1-11-7-6-8-16(12(11)2)21-17(25)10-9-15-13(3)20-18-22-19(26-5)23-24(18)14(15)4/h11-12,16H,6-10H2,1-5H3,(H,21,25)/t11-,12+,16+/m0/s1. The Morgan fingerprint density at radius 3 is 2.77 bits per heavy atom. The van der Waals surface area contributed by atoms with E-state index < -0.39 is 0 Å². The molecule has 6 nitrogen and oxygen atoms in total. The van der Waals surface area contributed by atoms with Crippen LogP contribution in [-0.4, -0.2) is 37.8 Å². The van der Waals surface area contributed by atoms with Gasteiger partial charge in [-0.3, -0.25) is 4.79 Å². The zero-order valence-electron chi connectivity index (χ0n) is 16.4. The number of aromatic nitrogens is 4. The maximum absolute atomic E-state index is 12.5. The second kappa shape index (κ2) is 7.94. The van der Waals surface area contributed by atoms with Crippen LogP contribution in [0.15, 0.2) is 5.16 Å². The SMILES string of the molecule is CSc1nc2nc(C)c(CCC(=O)N[C@@H]3CCC[C@H](C)[C@H]3C)c(C)n2n1. The molecule has 2 aromatic heterocycles. The summed E-state index contributed by atoms with van der Waals surface area (Å²) in [4.78, 5) is 21.5. The van der Waals surface area contributed by atoms with E-state index >= 15 is 0 Å².